The second kappa shape index (κ2) is 11.0. The first kappa shape index (κ1) is 25.2. The van der Waals surface area contributed by atoms with E-state index in [-0.39, 0.29) is 23.4 Å². The van der Waals surface area contributed by atoms with E-state index in [4.69, 9.17) is 18.9 Å². The largest absolute Gasteiger partial charge is 0.493 e. The number of hydrogen-bond donors (Lipinski definition) is 0. The molecule has 0 aliphatic heterocycles. The van der Waals surface area contributed by atoms with Gasteiger partial charge in [-0.2, -0.15) is 0 Å². The van der Waals surface area contributed by atoms with Gasteiger partial charge in [-0.25, -0.2) is 0 Å². The highest BCUT2D eigenvalue weighted by Crippen LogP contribution is 2.35. The van der Waals surface area contributed by atoms with E-state index < -0.39 is 0 Å². The third kappa shape index (κ3) is 5.61. The fourth-order valence-electron chi connectivity index (χ4n) is 3.93. The van der Waals surface area contributed by atoms with E-state index in [2.05, 4.69) is 13.8 Å². The molecular formula is C26H34O6. The Morgan fingerprint density at radius 3 is 1.16 bits per heavy atom. The molecule has 6 heteroatoms. The Hall–Kier alpha value is -3.02. The number of benzene rings is 2. The summed E-state index contributed by atoms with van der Waals surface area (Å²) in [6.07, 6.45) is 1.39. The zero-order chi connectivity index (χ0) is 24.0. The molecule has 0 heterocycles. The van der Waals surface area contributed by atoms with Gasteiger partial charge in [-0.15, -0.1) is 0 Å². The fraction of sp³-hybridized carbons (Fsp3) is 0.462. The number of ether oxygens (including phenoxy) is 4. The number of methoxy groups -OCH3 is 4. The van der Waals surface area contributed by atoms with Crippen LogP contribution in [0.3, 0.4) is 0 Å². The fourth-order valence-corrected chi connectivity index (χ4v) is 3.93. The van der Waals surface area contributed by atoms with Crippen molar-refractivity contribution in [2.75, 3.05) is 28.4 Å². The van der Waals surface area contributed by atoms with Crippen LogP contribution in [-0.2, 0) is 12.8 Å². The molecule has 32 heavy (non-hydrogen) atoms. The highest BCUT2D eigenvalue weighted by Gasteiger charge is 2.22. The van der Waals surface area contributed by atoms with E-state index >= 15 is 0 Å². The van der Waals surface area contributed by atoms with Crippen molar-refractivity contribution >= 4 is 11.6 Å². The molecular weight excluding hydrogens is 408 g/mol. The van der Waals surface area contributed by atoms with Gasteiger partial charge in [-0.05, 0) is 73.9 Å². The molecule has 0 saturated carbocycles. The van der Waals surface area contributed by atoms with Gasteiger partial charge >= 0.3 is 0 Å². The molecule has 0 bridgehead atoms. The molecule has 2 atom stereocenters. The maximum atomic E-state index is 12.3. The van der Waals surface area contributed by atoms with E-state index in [1.807, 2.05) is 12.1 Å². The Morgan fingerprint density at radius 2 is 0.906 bits per heavy atom. The van der Waals surface area contributed by atoms with Crippen LogP contribution in [0.15, 0.2) is 24.3 Å². The van der Waals surface area contributed by atoms with Crippen molar-refractivity contribution in [3.63, 3.8) is 0 Å². The second-order valence-corrected chi connectivity index (χ2v) is 8.20. The average Bonchev–Trinajstić information content (AvgIpc) is 2.77. The van der Waals surface area contributed by atoms with Crippen LogP contribution >= 0.6 is 0 Å². The third-order valence-electron chi connectivity index (χ3n) is 6.03. The summed E-state index contributed by atoms with van der Waals surface area (Å²) in [5.41, 5.74) is 3.12. The van der Waals surface area contributed by atoms with Crippen LogP contribution in [0.2, 0.25) is 0 Å². The van der Waals surface area contributed by atoms with Gasteiger partial charge in [-0.1, -0.05) is 13.8 Å². The smallest absolute Gasteiger partial charge is 0.161 e. The van der Waals surface area contributed by atoms with Crippen LogP contribution in [0.5, 0.6) is 23.0 Å². The lowest BCUT2D eigenvalue weighted by Crippen LogP contribution is -2.17. The molecule has 0 aliphatic rings. The number of rotatable bonds is 11. The maximum absolute atomic E-state index is 12.3. The maximum Gasteiger partial charge on any atom is 0.161 e. The lowest BCUT2D eigenvalue weighted by atomic mass is 9.82. The summed E-state index contributed by atoms with van der Waals surface area (Å²) < 4.78 is 21.6. The van der Waals surface area contributed by atoms with E-state index in [1.165, 1.54) is 0 Å². The lowest BCUT2D eigenvalue weighted by Gasteiger charge is -2.23. The van der Waals surface area contributed by atoms with Crippen molar-refractivity contribution in [2.45, 2.75) is 40.5 Å². The lowest BCUT2D eigenvalue weighted by molar-refractivity contribution is 0.100. The van der Waals surface area contributed by atoms with Gasteiger partial charge in [0.2, 0.25) is 0 Å². The molecule has 0 saturated heterocycles. The Labute approximate surface area is 190 Å². The van der Waals surface area contributed by atoms with Crippen molar-refractivity contribution in [3.8, 4) is 23.0 Å². The van der Waals surface area contributed by atoms with Crippen molar-refractivity contribution < 1.29 is 28.5 Å². The van der Waals surface area contributed by atoms with Crippen molar-refractivity contribution in [1.82, 2.24) is 0 Å². The van der Waals surface area contributed by atoms with E-state index in [9.17, 15) is 9.59 Å². The third-order valence-corrected chi connectivity index (χ3v) is 6.03. The van der Waals surface area contributed by atoms with Crippen molar-refractivity contribution in [1.29, 1.82) is 0 Å². The number of ketones is 2. The monoisotopic (exact) mass is 442 g/mol. The first-order valence-electron chi connectivity index (χ1n) is 10.7. The van der Waals surface area contributed by atoms with Gasteiger partial charge in [0.1, 0.15) is 0 Å². The summed E-state index contributed by atoms with van der Waals surface area (Å²) in [6.45, 7) is 7.42. The molecule has 0 unspecified atom stereocenters. The molecule has 0 aliphatic carbocycles. The van der Waals surface area contributed by atoms with Crippen LogP contribution in [0.1, 0.15) is 59.5 Å². The number of hydrogen-bond acceptors (Lipinski definition) is 6. The molecule has 174 valence electrons. The topological polar surface area (TPSA) is 71.1 Å². The van der Waals surface area contributed by atoms with Crippen LogP contribution < -0.4 is 18.9 Å². The molecule has 0 fully saturated rings. The standard InChI is InChI=1S/C26H34O6/c1-15(9-19-11-23(29-5)25(31-7)13-21(19)17(3)27)16(2)10-20-12-24(30-6)26(32-8)14-22(20)18(4)28/h11-16H,9-10H2,1-8H3/t15-,16+. The normalized spacial score (nSPS) is 12.6. The summed E-state index contributed by atoms with van der Waals surface area (Å²) in [5, 5.41) is 0. The highest BCUT2D eigenvalue weighted by atomic mass is 16.5. The Kier molecular flexibility index (Phi) is 8.70. The number of carbonyl (C=O) groups is 2. The molecule has 0 radical (unpaired) electrons. The quantitative estimate of drug-likeness (QED) is 0.446. The first-order chi connectivity index (χ1) is 15.2. The number of carbonyl (C=O) groups excluding carboxylic acids is 2. The minimum Gasteiger partial charge on any atom is -0.493 e. The Balaban J connectivity index is 2.34. The molecule has 6 nitrogen and oxygen atoms in total. The van der Waals surface area contributed by atoms with Gasteiger partial charge in [0.25, 0.3) is 0 Å². The molecule has 2 aromatic rings. The predicted molar refractivity (Wildman–Crippen MR) is 125 cm³/mol. The van der Waals surface area contributed by atoms with E-state index in [0.29, 0.717) is 47.0 Å². The van der Waals surface area contributed by atoms with Crippen molar-refractivity contribution in [3.05, 3.63) is 46.5 Å². The van der Waals surface area contributed by atoms with Gasteiger partial charge in [0.05, 0.1) is 28.4 Å². The molecule has 0 N–H and O–H groups in total. The first-order valence-corrected chi connectivity index (χ1v) is 10.7. The summed E-state index contributed by atoms with van der Waals surface area (Å²) in [6, 6.07) is 7.26. The van der Waals surface area contributed by atoms with Crippen LogP contribution in [0.4, 0.5) is 0 Å². The van der Waals surface area contributed by atoms with Gasteiger partial charge in [-0.3, -0.25) is 9.59 Å². The highest BCUT2D eigenvalue weighted by molar-refractivity contribution is 5.97. The van der Waals surface area contributed by atoms with Gasteiger partial charge in [0.15, 0.2) is 34.6 Å². The zero-order valence-corrected chi connectivity index (χ0v) is 20.3. The van der Waals surface area contributed by atoms with E-state index in [0.717, 1.165) is 11.1 Å². The van der Waals surface area contributed by atoms with Gasteiger partial charge in [0, 0.05) is 11.1 Å². The van der Waals surface area contributed by atoms with Gasteiger partial charge < -0.3 is 18.9 Å². The molecule has 0 amide bonds. The second-order valence-electron chi connectivity index (χ2n) is 8.20. The molecule has 0 spiro atoms. The molecule has 2 aromatic carbocycles. The minimum absolute atomic E-state index is 0.0143. The van der Waals surface area contributed by atoms with Crippen LogP contribution in [-0.4, -0.2) is 40.0 Å². The zero-order valence-electron chi connectivity index (χ0n) is 20.3. The molecule has 0 aromatic heterocycles. The SMILES string of the molecule is COc1cc(C[C@@H](C)[C@@H](C)Cc2cc(OC)c(OC)cc2C(C)=O)c(C(C)=O)cc1OC. The van der Waals surface area contributed by atoms with Crippen LogP contribution in [0.25, 0.3) is 0 Å². The summed E-state index contributed by atoms with van der Waals surface area (Å²) in [7, 11) is 6.28. The average molecular weight is 443 g/mol. The summed E-state index contributed by atoms with van der Waals surface area (Å²) >= 11 is 0. The molecule has 2 rings (SSSR count). The minimum atomic E-state index is -0.0143. The number of Topliss-reactive ketones (excluding diaryl/α,β-unsaturated/α-hetero) is 2. The summed E-state index contributed by atoms with van der Waals surface area (Å²) in [4.78, 5) is 24.5. The predicted octanol–water partition coefficient (Wildman–Crippen LogP) is 5.18. The Morgan fingerprint density at radius 1 is 0.625 bits per heavy atom. The van der Waals surface area contributed by atoms with Crippen molar-refractivity contribution in [2.24, 2.45) is 11.8 Å². The summed E-state index contributed by atoms with van der Waals surface area (Å²) in [5.74, 6) is 2.73. The Bertz CT molecular complexity index is 899. The van der Waals surface area contributed by atoms with Crippen LogP contribution in [0, 0.1) is 11.8 Å². The van der Waals surface area contributed by atoms with E-state index in [1.54, 1.807) is 54.4 Å².